The molecule has 0 radical (unpaired) electrons. The molecule has 0 fully saturated rings. The Bertz CT molecular complexity index is 1080. The van der Waals surface area contributed by atoms with Crippen molar-refractivity contribution in [2.24, 2.45) is 5.92 Å². The molecule has 2 aromatic carbocycles. The molecule has 0 N–H and O–H groups in total. The number of halogens is 2. The van der Waals surface area contributed by atoms with E-state index in [1.54, 1.807) is 16.7 Å². The fraction of sp³-hybridized carbons (Fsp3) is 0.515. The number of benzene rings is 2. The van der Waals surface area contributed by atoms with E-state index in [0.29, 0.717) is 13.2 Å². The van der Waals surface area contributed by atoms with Crippen LogP contribution in [0.1, 0.15) is 96.7 Å². The Labute approximate surface area is 256 Å². The average Bonchev–Trinajstić information content (AvgIpc) is 3.45. The van der Waals surface area contributed by atoms with Gasteiger partial charge in [0.05, 0.1) is 0 Å². The van der Waals surface area contributed by atoms with E-state index in [2.05, 4.69) is 106 Å². The molecule has 206 valence electrons. The maximum atomic E-state index is 2.60. The van der Waals surface area contributed by atoms with Gasteiger partial charge in [0.2, 0.25) is 0 Å². The predicted molar refractivity (Wildman–Crippen MR) is 156 cm³/mol. The van der Waals surface area contributed by atoms with Gasteiger partial charge in [-0.15, -0.1) is 0 Å². The van der Waals surface area contributed by atoms with Gasteiger partial charge in [0.15, 0.2) is 0 Å². The molecule has 2 aliphatic carbocycles. The van der Waals surface area contributed by atoms with Gasteiger partial charge in [0.25, 0.3) is 0 Å². The number of allylic oxidation sites excluding steroid dienone is 2. The smallest absolute Gasteiger partial charge is 1.00 e. The molecule has 2 unspecified atom stereocenters. The van der Waals surface area contributed by atoms with Crippen LogP contribution in [0, 0.1) is 5.92 Å². The summed E-state index contributed by atoms with van der Waals surface area (Å²) in [5.74, 6) is 0.606. The summed E-state index contributed by atoms with van der Waals surface area (Å²) >= 11 is -0.827. The Morgan fingerprint density at radius 2 is 1.21 bits per heavy atom. The summed E-state index contributed by atoms with van der Waals surface area (Å²) in [5.41, 5.74) is 10.7. The average molecular weight is 633 g/mol. The first-order chi connectivity index (χ1) is 17.5. The van der Waals surface area contributed by atoms with E-state index in [1.165, 1.54) is 48.2 Å². The predicted octanol–water partition coefficient (Wildman–Crippen LogP) is 2.89. The molecule has 2 aromatic rings. The summed E-state index contributed by atoms with van der Waals surface area (Å²) in [6.07, 6.45) is 12.3. The molecular weight excluding hydrogens is 587 g/mol. The summed E-state index contributed by atoms with van der Waals surface area (Å²) < 4.78 is 1.32. The first kappa shape index (κ1) is 33.2. The Kier molecular flexibility index (Phi) is 13.7. The van der Waals surface area contributed by atoms with Crippen molar-refractivity contribution < 1.29 is 48.0 Å². The van der Waals surface area contributed by atoms with Gasteiger partial charge in [-0.2, -0.15) is 0 Å². The SMILES string of the molecule is CCCN(CCC)c1ccc2c(c1)[CH]([Zr+2][CH]1C(C(C)C)=Cc3ccc(N(CCC)CCC)cc31)C=C2.[Cl-].[Cl-]. The van der Waals surface area contributed by atoms with Crippen LogP contribution in [0.15, 0.2) is 48.0 Å². The topological polar surface area (TPSA) is 6.48 Å². The van der Waals surface area contributed by atoms with Gasteiger partial charge in [0.1, 0.15) is 0 Å². The number of anilines is 2. The summed E-state index contributed by atoms with van der Waals surface area (Å²) in [7, 11) is 0. The molecule has 2 nitrogen and oxygen atoms in total. The van der Waals surface area contributed by atoms with Gasteiger partial charge in [-0.05, 0) is 0 Å². The molecule has 5 heteroatoms. The number of hydrogen-bond donors (Lipinski definition) is 0. The Morgan fingerprint density at radius 1 is 0.711 bits per heavy atom. The Balaban J connectivity index is 0.00000253. The maximum Gasteiger partial charge on any atom is -1.00 e. The van der Waals surface area contributed by atoms with Crippen molar-refractivity contribution in [1.82, 2.24) is 0 Å². The van der Waals surface area contributed by atoms with Crippen LogP contribution in [-0.2, 0) is 23.2 Å². The second-order valence-electron chi connectivity index (χ2n) is 10.8. The summed E-state index contributed by atoms with van der Waals surface area (Å²) in [6.45, 7) is 18.6. The Hall–Kier alpha value is -1.02. The number of nitrogens with zero attached hydrogens (tertiary/aromatic N) is 2. The minimum atomic E-state index is -0.827. The zero-order valence-corrected chi connectivity index (χ0v) is 28.2. The monoisotopic (exact) mass is 630 g/mol. The molecule has 2 atom stereocenters. The maximum absolute atomic E-state index is 2.60. The minimum absolute atomic E-state index is 0. The first-order valence-electron chi connectivity index (χ1n) is 14.4. The van der Waals surface area contributed by atoms with Crippen molar-refractivity contribution in [2.45, 2.75) is 74.5 Å². The Morgan fingerprint density at radius 3 is 1.71 bits per heavy atom. The summed E-state index contributed by atoms with van der Waals surface area (Å²) in [4.78, 5) is 5.19. The zero-order chi connectivity index (χ0) is 25.7. The van der Waals surface area contributed by atoms with Crippen LogP contribution in [0.25, 0.3) is 12.2 Å². The van der Waals surface area contributed by atoms with Crippen molar-refractivity contribution >= 4 is 23.5 Å². The second kappa shape index (κ2) is 15.7. The third kappa shape index (κ3) is 7.38. The second-order valence-corrected chi connectivity index (χ2v) is 14.6. The molecule has 38 heavy (non-hydrogen) atoms. The first-order valence-corrected chi connectivity index (χ1v) is 17.3. The van der Waals surface area contributed by atoms with Crippen molar-refractivity contribution in [1.29, 1.82) is 0 Å². The summed E-state index contributed by atoms with van der Waals surface area (Å²) in [5, 5.41) is 0. The molecular formula is C33H46Cl2N2Zr. The van der Waals surface area contributed by atoms with Gasteiger partial charge < -0.3 is 24.8 Å². The third-order valence-electron chi connectivity index (χ3n) is 7.63. The minimum Gasteiger partial charge on any atom is -1.00 e. The summed E-state index contributed by atoms with van der Waals surface area (Å²) in [6, 6.07) is 14.6. The van der Waals surface area contributed by atoms with Crippen LogP contribution in [0.5, 0.6) is 0 Å². The molecule has 0 aliphatic heterocycles. The number of hydrogen-bond acceptors (Lipinski definition) is 2. The normalized spacial score (nSPS) is 16.8. The zero-order valence-electron chi connectivity index (χ0n) is 24.2. The van der Waals surface area contributed by atoms with E-state index in [-0.39, 0.29) is 24.8 Å². The van der Waals surface area contributed by atoms with Crippen LogP contribution < -0.4 is 34.6 Å². The molecule has 0 heterocycles. The fourth-order valence-electron chi connectivity index (χ4n) is 5.90. The fourth-order valence-corrected chi connectivity index (χ4v) is 10.9. The van der Waals surface area contributed by atoms with Gasteiger partial charge in [-0.1, -0.05) is 0 Å². The third-order valence-corrected chi connectivity index (χ3v) is 12.2. The number of fused-ring (bicyclic) bond motifs is 2. The molecule has 0 saturated heterocycles. The van der Waals surface area contributed by atoms with E-state index in [0.717, 1.165) is 26.2 Å². The molecule has 0 aromatic heterocycles. The van der Waals surface area contributed by atoms with Gasteiger partial charge in [0, 0.05) is 0 Å². The molecule has 4 rings (SSSR count). The molecule has 0 spiro atoms. The van der Waals surface area contributed by atoms with E-state index >= 15 is 0 Å². The van der Waals surface area contributed by atoms with Crippen LogP contribution in [0.4, 0.5) is 11.4 Å². The quantitative estimate of drug-likeness (QED) is 0.335. The molecule has 0 amide bonds. The molecule has 2 aliphatic rings. The molecule has 0 saturated carbocycles. The van der Waals surface area contributed by atoms with E-state index in [9.17, 15) is 0 Å². The van der Waals surface area contributed by atoms with Crippen LogP contribution in [0.2, 0.25) is 0 Å². The van der Waals surface area contributed by atoms with E-state index in [1.807, 2.05) is 0 Å². The largest absolute Gasteiger partial charge is 1.00 e. The van der Waals surface area contributed by atoms with Crippen LogP contribution >= 0.6 is 0 Å². The van der Waals surface area contributed by atoms with Crippen molar-refractivity contribution in [3.05, 3.63) is 70.3 Å². The van der Waals surface area contributed by atoms with Crippen LogP contribution in [0.3, 0.4) is 0 Å². The van der Waals surface area contributed by atoms with Gasteiger partial charge in [-0.25, -0.2) is 0 Å². The standard InChI is InChI=1S/C18H26N.C15H20N.2ClH.Zr/c1-5-9-19(10-6-2)18-8-7-15-11-16(14(3)4)12-17(15)13-18;1-3-10-16(11-4-2)15-9-8-13-6-5-7-14(13)12-15;;;/h7-8,11-14H,5-6,9-10H2,1-4H3;5-9,12H,3-4,10-11H2,1-2H3;2*1H;/q;;;;+2/p-2. The molecule has 0 bridgehead atoms. The van der Waals surface area contributed by atoms with Crippen molar-refractivity contribution in [3.8, 4) is 0 Å². The van der Waals surface area contributed by atoms with E-state index < -0.39 is 23.2 Å². The van der Waals surface area contributed by atoms with Crippen molar-refractivity contribution in [3.63, 3.8) is 0 Å². The van der Waals surface area contributed by atoms with Gasteiger partial charge in [-0.3, -0.25) is 0 Å². The van der Waals surface area contributed by atoms with Crippen LogP contribution in [-0.4, -0.2) is 26.2 Å². The number of rotatable bonds is 13. The van der Waals surface area contributed by atoms with Gasteiger partial charge >= 0.3 is 233 Å². The van der Waals surface area contributed by atoms with Crippen molar-refractivity contribution in [2.75, 3.05) is 36.0 Å². The van der Waals surface area contributed by atoms with E-state index in [4.69, 9.17) is 0 Å².